The van der Waals surface area contributed by atoms with Crippen molar-refractivity contribution < 1.29 is 42.9 Å². The van der Waals surface area contributed by atoms with Crippen molar-refractivity contribution in [2.24, 2.45) is 0 Å². The summed E-state index contributed by atoms with van der Waals surface area (Å²) in [6.07, 6.45) is 71.8. The molecule has 0 aliphatic carbocycles. The van der Waals surface area contributed by atoms with Crippen molar-refractivity contribution in [2.45, 2.75) is 302 Å². The van der Waals surface area contributed by atoms with Gasteiger partial charge in [0.15, 0.2) is 12.4 Å². The maximum absolute atomic E-state index is 12.9. The lowest BCUT2D eigenvalue weighted by Gasteiger charge is -2.26. The second kappa shape index (κ2) is 58.1. The number of carbonyl (C=O) groups is 3. The first-order valence-corrected chi connectivity index (χ1v) is 31.9. The highest BCUT2D eigenvalue weighted by Crippen LogP contribution is 2.18. The Morgan fingerprint density at radius 1 is 0.408 bits per heavy atom. The van der Waals surface area contributed by atoms with Crippen LogP contribution in [0.1, 0.15) is 290 Å². The molecule has 0 rings (SSSR count). The second-order valence-electron chi connectivity index (χ2n) is 22.7. The van der Waals surface area contributed by atoms with Gasteiger partial charge in [0.2, 0.25) is 0 Å². The first-order valence-electron chi connectivity index (χ1n) is 31.9. The predicted molar refractivity (Wildman–Crippen MR) is 320 cm³/mol. The number of quaternary nitrogens is 1. The predicted octanol–water partition coefficient (Wildman–Crippen LogP) is 17.9. The third-order valence-corrected chi connectivity index (χ3v) is 14.0. The molecule has 9 nitrogen and oxygen atoms in total. The van der Waals surface area contributed by atoms with Crippen LogP contribution < -0.4 is 5.11 Å². The van der Waals surface area contributed by atoms with Crippen molar-refractivity contribution >= 4 is 17.9 Å². The van der Waals surface area contributed by atoms with Crippen molar-refractivity contribution in [1.29, 1.82) is 0 Å². The van der Waals surface area contributed by atoms with E-state index < -0.39 is 24.3 Å². The van der Waals surface area contributed by atoms with Gasteiger partial charge in [0.1, 0.15) is 13.2 Å². The van der Waals surface area contributed by atoms with E-state index in [0.717, 1.165) is 77.0 Å². The molecule has 2 atom stereocenters. The fourth-order valence-electron chi connectivity index (χ4n) is 9.11. The molecule has 0 bridgehead atoms. The molecule has 2 unspecified atom stereocenters. The van der Waals surface area contributed by atoms with E-state index in [9.17, 15) is 19.5 Å². The average molecular weight is 1070 g/mol. The summed E-state index contributed by atoms with van der Waals surface area (Å²) < 4.78 is 22.7. The Bertz CT molecular complexity index is 1430. The molecule has 0 aliphatic rings. The van der Waals surface area contributed by atoms with Gasteiger partial charge in [0, 0.05) is 12.8 Å². The standard InChI is InChI=1S/C67H121NO8/c1-6-8-10-12-14-16-18-20-21-22-23-24-25-26-27-28-29-30-31-32-33-34-35-36-37-38-39-40-41-42-43-44-45-46-48-50-52-54-56-58-65(70)76-63(62-75-67(66(71)72)73-60-59-68(3,4)5)61-74-64(69)57-55-53-51-49-47-19-17-15-13-11-9-7-2/h8,10,14-17,20-21,23-24,63,67H,6-7,9,11-13,18-19,22,25-62H2,1-5H3/b10-8-,16-14-,17-15-,21-20-,24-23-. The number of nitrogens with zero attached hydrogens (tertiary/aromatic N) is 1. The van der Waals surface area contributed by atoms with Crippen LogP contribution in [0, 0.1) is 0 Å². The number of rotatable bonds is 59. The first kappa shape index (κ1) is 73.0. The number of carboxylic acids is 1. The third-order valence-electron chi connectivity index (χ3n) is 14.0. The van der Waals surface area contributed by atoms with E-state index in [0.29, 0.717) is 17.4 Å². The third kappa shape index (κ3) is 58.7. The number of allylic oxidation sites excluding steroid dienone is 10. The van der Waals surface area contributed by atoms with Gasteiger partial charge in [0.05, 0.1) is 40.3 Å². The van der Waals surface area contributed by atoms with E-state index in [1.165, 1.54) is 180 Å². The monoisotopic (exact) mass is 1070 g/mol. The zero-order chi connectivity index (χ0) is 55.5. The number of likely N-dealkylation sites (N-methyl/N-ethyl adjacent to an activating group) is 1. The molecule has 76 heavy (non-hydrogen) atoms. The van der Waals surface area contributed by atoms with Crippen LogP contribution in [-0.4, -0.2) is 82.3 Å². The fourth-order valence-corrected chi connectivity index (χ4v) is 9.11. The summed E-state index contributed by atoms with van der Waals surface area (Å²) in [5.41, 5.74) is 0. The zero-order valence-electron chi connectivity index (χ0n) is 50.4. The maximum Gasteiger partial charge on any atom is 0.306 e. The van der Waals surface area contributed by atoms with E-state index in [1.807, 2.05) is 21.1 Å². The molecule has 0 aromatic heterocycles. The van der Waals surface area contributed by atoms with E-state index in [2.05, 4.69) is 74.6 Å². The SMILES string of the molecule is CC/C=C\C/C=C\C/C=C\C/C=C\CCCCCCCCCCCCCCCCCCCCCCCCCCCCC(=O)OC(COC(=O)CCCCCCC/C=C\CCCCC)COC(OCC[N+](C)(C)C)C(=O)[O-]. The largest absolute Gasteiger partial charge is 0.545 e. The Kier molecular flexibility index (Phi) is 55.8. The molecule has 0 fully saturated rings. The molecule has 0 spiro atoms. The van der Waals surface area contributed by atoms with Crippen LogP contribution in [0.3, 0.4) is 0 Å². The van der Waals surface area contributed by atoms with Crippen molar-refractivity contribution in [3.05, 3.63) is 60.8 Å². The van der Waals surface area contributed by atoms with Crippen LogP contribution in [0.4, 0.5) is 0 Å². The highest BCUT2D eigenvalue weighted by atomic mass is 16.7. The topological polar surface area (TPSA) is 111 Å². The Labute approximate surface area is 469 Å². The van der Waals surface area contributed by atoms with Gasteiger partial charge in [-0.15, -0.1) is 0 Å². The van der Waals surface area contributed by atoms with Crippen LogP contribution in [0.2, 0.25) is 0 Å². The minimum Gasteiger partial charge on any atom is -0.545 e. The Balaban J connectivity index is 3.92. The van der Waals surface area contributed by atoms with Crippen molar-refractivity contribution in [3.63, 3.8) is 0 Å². The van der Waals surface area contributed by atoms with Gasteiger partial charge in [-0.2, -0.15) is 0 Å². The summed E-state index contributed by atoms with van der Waals surface area (Å²) in [6, 6.07) is 0. The molecular weight excluding hydrogens is 947 g/mol. The summed E-state index contributed by atoms with van der Waals surface area (Å²) in [7, 11) is 5.92. The van der Waals surface area contributed by atoms with Crippen LogP contribution in [0.5, 0.6) is 0 Å². The Morgan fingerprint density at radius 2 is 0.750 bits per heavy atom. The van der Waals surface area contributed by atoms with Crippen LogP contribution in [0.25, 0.3) is 0 Å². The van der Waals surface area contributed by atoms with E-state index in [4.69, 9.17) is 18.9 Å². The summed E-state index contributed by atoms with van der Waals surface area (Å²) in [4.78, 5) is 37.2. The van der Waals surface area contributed by atoms with E-state index in [-0.39, 0.29) is 38.6 Å². The van der Waals surface area contributed by atoms with Crippen LogP contribution in [0.15, 0.2) is 60.8 Å². The minimum absolute atomic E-state index is 0.148. The van der Waals surface area contributed by atoms with Crippen LogP contribution >= 0.6 is 0 Å². The van der Waals surface area contributed by atoms with Crippen molar-refractivity contribution in [3.8, 4) is 0 Å². The lowest BCUT2D eigenvalue weighted by molar-refractivity contribution is -0.870. The molecule has 0 saturated heterocycles. The lowest BCUT2D eigenvalue weighted by atomic mass is 10.0. The molecule has 0 aliphatic heterocycles. The van der Waals surface area contributed by atoms with Gasteiger partial charge in [-0.25, -0.2) is 0 Å². The second-order valence-corrected chi connectivity index (χ2v) is 22.7. The number of hydrogen-bond acceptors (Lipinski definition) is 8. The van der Waals surface area contributed by atoms with Gasteiger partial charge in [-0.1, -0.05) is 261 Å². The van der Waals surface area contributed by atoms with Gasteiger partial charge >= 0.3 is 11.9 Å². The number of ether oxygens (including phenoxy) is 4. The molecule has 0 radical (unpaired) electrons. The Hall–Kier alpha value is -3.01. The molecule has 442 valence electrons. The number of aliphatic carboxylic acids is 1. The molecule has 0 heterocycles. The maximum atomic E-state index is 12.9. The average Bonchev–Trinajstić information content (AvgIpc) is 3.39. The van der Waals surface area contributed by atoms with Gasteiger partial charge in [-0.05, 0) is 77.0 Å². The van der Waals surface area contributed by atoms with Gasteiger partial charge < -0.3 is 33.3 Å². The smallest absolute Gasteiger partial charge is 0.306 e. The molecule has 0 amide bonds. The van der Waals surface area contributed by atoms with Crippen molar-refractivity contribution in [2.75, 3.05) is 47.5 Å². The Morgan fingerprint density at radius 3 is 1.13 bits per heavy atom. The highest BCUT2D eigenvalue weighted by Gasteiger charge is 2.22. The van der Waals surface area contributed by atoms with Gasteiger partial charge in [-0.3, -0.25) is 9.59 Å². The summed E-state index contributed by atoms with van der Waals surface area (Å²) in [6.45, 7) is 4.62. The molecule has 0 N–H and O–H groups in total. The zero-order valence-corrected chi connectivity index (χ0v) is 50.4. The number of carbonyl (C=O) groups excluding carboxylic acids is 3. The highest BCUT2D eigenvalue weighted by molar-refractivity contribution is 5.70. The van der Waals surface area contributed by atoms with Gasteiger partial charge in [0.25, 0.3) is 0 Å². The first-order chi connectivity index (χ1) is 37.1. The van der Waals surface area contributed by atoms with Crippen LogP contribution in [-0.2, 0) is 33.3 Å². The molecule has 0 aromatic rings. The minimum atomic E-state index is -1.62. The summed E-state index contributed by atoms with van der Waals surface area (Å²) >= 11 is 0. The number of hydrogen-bond donors (Lipinski definition) is 0. The summed E-state index contributed by atoms with van der Waals surface area (Å²) in [5.74, 6) is -2.28. The quantitative estimate of drug-likeness (QED) is 0.0195. The van der Waals surface area contributed by atoms with E-state index >= 15 is 0 Å². The van der Waals surface area contributed by atoms with E-state index in [1.54, 1.807) is 0 Å². The molecule has 9 heteroatoms. The number of unbranched alkanes of at least 4 members (excludes halogenated alkanes) is 34. The number of esters is 2. The molecule has 0 saturated carbocycles. The summed E-state index contributed by atoms with van der Waals surface area (Å²) in [5, 5.41) is 11.8. The molecular formula is C67H121NO8. The number of carboxylic acid groups (broad SMARTS) is 1. The fraction of sp³-hybridized carbons (Fsp3) is 0.806. The normalized spacial score (nSPS) is 13.1. The molecule has 0 aromatic carbocycles. The van der Waals surface area contributed by atoms with Crippen molar-refractivity contribution in [1.82, 2.24) is 0 Å². The lowest BCUT2D eigenvalue weighted by Crippen LogP contribution is -2.44.